The highest BCUT2D eigenvalue weighted by atomic mass is 16.4. The number of rotatable bonds is 0. The van der Waals surface area contributed by atoms with Gasteiger partial charge < -0.3 is 14.6 Å². The highest BCUT2D eigenvalue weighted by Crippen LogP contribution is 2.39. The van der Waals surface area contributed by atoms with Crippen LogP contribution in [0.5, 0.6) is 11.5 Å². The summed E-state index contributed by atoms with van der Waals surface area (Å²) in [6.45, 7) is 3.38. The van der Waals surface area contributed by atoms with Crippen molar-refractivity contribution < 1.29 is 14.6 Å². The quantitative estimate of drug-likeness (QED) is 0.479. The molecule has 3 rings (SSSR count). The first-order valence-corrected chi connectivity index (χ1v) is 5.89. The Hall–Kier alpha value is -2.49. The lowest BCUT2D eigenvalue weighted by Gasteiger charge is -2.10. The number of fused-ring (bicyclic) bond motifs is 2. The van der Waals surface area contributed by atoms with Gasteiger partial charge in [0.25, 0.3) is 0 Å². The van der Waals surface area contributed by atoms with E-state index in [2.05, 4.69) is 0 Å². The van der Waals surface area contributed by atoms with Crippen LogP contribution in [0.25, 0.3) is 21.9 Å². The first-order chi connectivity index (χ1) is 9.02. The van der Waals surface area contributed by atoms with Gasteiger partial charge in [-0.2, -0.15) is 0 Å². The SMILES string of the molecule is Cc1c(O)c(O)c2oc3ccccc3c(=O)c2c1C. The highest BCUT2D eigenvalue weighted by Gasteiger charge is 2.19. The van der Waals surface area contributed by atoms with E-state index in [-0.39, 0.29) is 22.5 Å². The van der Waals surface area contributed by atoms with Gasteiger partial charge in [0.15, 0.2) is 11.3 Å². The van der Waals surface area contributed by atoms with Crippen LogP contribution in [0.4, 0.5) is 0 Å². The molecule has 19 heavy (non-hydrogen) atoms. The van der Waals surface area contributed by atoms with E-state index in [0.717, 1.165) is 0 Å². The lowest BCUT2D eigenvalue weighted by Crippen LogP contribution is -2.05. The van der Waals surface area contributed by atoms with E-state index in [1.807, 2.05) is 0 Å². The molecule has 1 heterocycles. The number of benzene rings is 2. The second-order valence-corrected chi connectivity index (χ2v) is 4.58. The molecular weight excluding hydrogens is 244 g/mol. The molecule has 2 aromatic carbocycles. The Morgan fingerprint density at radius 3 is 2.42 bits per heavy atom. The predicted molar refractivity (Wildman–Crippen MR) is 72.8 cm³/mol. The molecule has 1 aromatic heterocycles. The maximum atomic E-state index is 12.5. The Kier molecular flexibility index (Phi) is 2.29. The normalized spacial score (nSPS) is 11.3. The van der Waals surface area contributed by atoms with E-state index in [0.29, 0.717) is 27.5 Å². The largest absolute Gasteiger partial charge is 0.504 e. The van der Waals surface area contributed by atoms with Gasteiger partial charge in [0, 0.05) is 0 Å². The molecule has 0 spiro atoms. The first kappa shape index (κ1) is 11.6. The van der Waals surface area contributed by atoms with Crippen LogP contribution in [0, 0.1) is 13.8 Å². The molecular formula is C15H12O4. The van der Waals surface area contributed by atoms with Crippen molar-refractivity contribution in [3.63, 3.8) is 0 Å². The molecule has 0 amide bonds. The van der Waals surface area contributed by atoms with Crippen molar-refractivity contribution in [2.75, 3.05) is 0 Å². The molecule has 3 aromatic rings. The van der Waals surface area contributed by atoms with Crippen molar-refractivity contribution in [2.24, 2.45) is 0 Å². The molecule has 0 radical (unpaired) electrons. The molecule has 0 saturated carbocycles. The molecule has 0 bridgehead atoms. The summed E-state index contributed by atoms with van der Waals surface area (Å²) in [5.41, 5.74) is 1.31. The molecule has 0 aliphatic rings. The zero-order valence-corrected chi connectivity index (χ0v) is 10.5. The maximum absolute atomic E-state index is 12.5. The van der Waals surface area contributed by atoms with E-state index in [9.17, 15) is 15.0 Å². The molecule has 0 saturated heterocycles. The summed E-state index contributed by atoms with van der Waals surface area (Å²) < 4.78 is 5.56. The fraction of sp³-hybridized carbons (Fsp3) is 0.133. The summed E-state index contributed by atoms with van der Waals surface area (Å²) in [6.07, 6.45) is 0. The van der Waals surface area contributed by atoms with Crippen LogP contribution in [0.1, 0.15) is 11.1 Å². The van der Waals surface area contributed by atoms with Gasteiger partial charge in [0.1, 0.15) is 5.58 Å². The summed E-state index contributed by atoms with van der Waals surface area (Å²) in [6, 6.07) is 6.84. The molecule has 0 fully saturated rings. The Morgan fingerprint density at radius 1 is 1.00 bits per heavy atom. The monoisotopic (exact) mass is 256 g/mol. The molecule has 0 atom stereocenters. The Morgan fingerprint density at radius 2 is 1.68 bits per heavy atom. The molecule has 96 valence electrons. The van der Waals surface area contributed by atoms with Crippen LogP contribution >= 0.6 is 0 Å². The highest BCUT2D eigenvalue weighted by molar-refractivity contribution is 5.96. The maximum Gasteiger partial charge on any atom is 0.202 e. The average molecular weight is 256 g/mol. The summed E-state index contributed by atoms with van der Waals surface area (Å²) in [5, 5.41) is 20.6. The van der Waals surface area contributed by atoms with E-state index >= 15 is 0 Å². The van der Waals surface area contributed by atoms with E-state index in [4.69, 9.17) is 4.42 Å². The number of hydrogen-bond acceptors (Lipinski definition) is 4. The van der Waals surface area contributed by atoms with Crippen LogP contribution in [-0.2, 0) is 0 Å². The zero-order chi connectivity index (χ0) is 13.7. The smallest absolute Gasteiger partial charge is 0.202 e. The van der Waals surface area contributed by atoms with Gasteiger partial charge in [-0.1, -0.05) is 12.1 Å². The van der Waals surface area contributed by atoms with Crippen molar-refractivity contribution in [3.05, 3.63) is 45.6 Å². The fourth-order valence-corrected chi connectivity index (χ4v) is 2.30. The molecule has 4 heteroatoms. The number of para-hydroxylation sites is 1. The summed E-state index contributed by atoms with van der Waals surface area (Å²) in [4.78, 5) is 12.5. The minimum Gasteiger partial charge on any atom is -0.504 e. The summed E-state index contributed by atoms with van der Waals surface area (Å²) in [5.74, 6) is -0.635. The predicted octanol–water partition coefficient (Wildman–Crippen LogP) is 2.97. The van der Waals surface area contributed by atoms with Crippen molar-refractivity contribution >= 4 is 21.9 Å². The van der Waals surface area contributed by atoms with Gasteiger partial charge in [-0.15, -0.1) is 0 Å². The van der Waals surface area contributed by atoms with Crippen molar-refractivity contribution in [2.45, 2.75) is 13.8 Å². The van der Waals surface area contributed by atoms with Gasteiger partial charge in [0.05, 0.1) is 10.8 Å². The molecule has 4 nitrogen and oxygen atoms in total. The molecule has 0 aliphatic heterocycles. The second kappa shape index (κ2) is 3.75. The fourth-order valence-electron chi connectivity index (χ4n) is 2.30. The third-order valence-electron chi connectivity index (χ3n) is 3.53. The molecule has 0 unspecified atom stereocenters. The standard InChI is InChI=1S/C15H12O4/c1-7-8(2)12(16)14(18)15-11(7)13(17)9-5-3-4-6-10(9)19-15/h3-6,16,18H,1-2H3. The van der Waals surface area contributed by atoms with E-state index in [1.165, 1.54) is 0 Å². The average Bonchev–Trinajstić information content (AvgIpc) is 2.43. The third kappa shape index (κ3) is 1.43. The molecule has 2 N–H and O–H groups in total. The minimum absolute atomic E-state index is 0.0318. The first-order valence-electron chi connectivity index (χ1n) is 5.89. The van der Waals surface area contributed by atoms with Gasteiger partial charge >= 0.3 is 0 Å². The zero-order valence-electron chi connectivity index (χ0n) is 10.5. The third-order valence-corrected chi connectivity index (χ3v) is 3.53. The summed E-state index contributed by atoms with van der Waals surface area (Å²) >= 11 is 0. The number of hydrogen-bond donors (Lipinski definition) is 2. The van der Waals surface area contributed by atoms with Crippen LogP contribution in [-0.4, -0.2) is 10.2 Å². The lowest BCUT2D eigenvalue weighted by molar-refractivity contribution is 0.398. The van der Waals surface area contributed by atoms with Crippen molar-refractivity contribution in [1.82, 2.24) is 0 Å². The molecule has 0 aliphatic carbocycles. The topological polar surface area (TPSA) is 70.7 Å². The van der Waals surface area contributed by atoms with Crippen LogP contribution in [0.3, 0.4) is 0 Å². The van der Waals surface area contributed by atoms with E-state index < -0.39 is 0 Å². The van der Waals surface area contributed by atoms with Crippen LogP contribution < -0.4 is 5.43 Å². The Balaban J connectivity index is 2.71. The van der Waals surface area contributed by atoms with Crippen LogP contribution in [0.15, 0.2) is 33.5 Å². The van der Waals surface area contributed by atoms with Gasteiger partial charge in [-0.3, -0.25) is 4.79 Å². The number of phenolic OH excluding ortho intramolecular Hbond substituents is 2. The Labute approximate surface area is 108 Å². The second-order valence-electron chi connectivity index (χ2n) is 4.58. The van der Waals surface area contributed by atoms with Crippen LogP contribution in [0.2, 0.25) is 0 Å². The van der Waals surface area contributed by atoms with Crippen molar-refractivity contribution in [1.29, 1.82) is 0 Å². The number of aromatic hydroxyl groups is 2. The van der Waals surface area contributed by atoms with Crippen molar-refractivity contribution in [3.8, 4) is 11.5 Å². The number of aryl methyl sites for hydroxylation is 1. The minimum atomic E-state index is -0.388. The van der Waals surface area contributed by atoms with Gasteiger partial charge in [-0.05, 0) is 37.1 Å². The summed E-state index contributed by atoms with van der Waals surface area (Å²) in [7, 11) is 0. The van der Waals surface area contributed by atoms with Gasteiger partial charge in [-0.25, -0.2) is 0 Å². The number of phenols is 2. The van der Waals surface area contributed by atoms with E-state index in [1.54, 1.807) is 38.1 Å². The Bertz CT molecular complexity index is 875. The van der Waals surface area contributed by atoms with Gasteiger partial charge in [0.2, 0.25) is 11.2 Å². The lowest BCUT2D eigenvalue weighted by atomic mass is 10.0.